The lowest BCUT2D eigenvalue weighted by Crippen LogP contribution is -2.41. The maximum absolute atomic E-state index is 12.3. The Labute approximate surface area is 87.1 Å². The van der Waals surface area contributed by atoms with Gasteiger partial charge in [0.25, 0.3) is 6.43 Å². The largest absolute Gasteiger partial charge is 0.480 e. The number of fused-ring (bicyclic) bond motifs is 1. The fraction of sp³-hybridized carbons (Fsp3) is 0.900. The first-order valence-electron chi connectivity index (χ1n) is 5.34. The number of hydrogen-bond acceptors (Lipinski definition) is 2. The van der Waals surface area contributed by atoms with Gasteiger partial charge >= 0.3 is 5.97 Å². The Hall–Kier alpha value is -0.710. The number of likely N-dealkylation sites (tertiary alicyclic amines) is 1. The lowest BCUT2D eigenvalue weighted by atomic mass is 9.94. The van der Waals surface area contributed by atoms with Crippen LogP contribution in [-0.4, -0.2) is 41.5 Å². The molecule has 0 aromatic carbocycles. The molecule has 15 heavy (non-hydrogen) atoms. The summed E-state index contributed by atoms with van der Waals surface area (Å²) in [4.78, 5) is 12.5. The normalized spacial score (nSPS) is 36.1. The summed E-state index contributed by atoms with van der Waals surface area (Å²) in [6.07, 6.45) is 0.475. The van der Waals surface area contributed by atoms with Crippen molar-refractivity contribution in [3.8, 4) is 0 Å². The molecule has 86 valence electrons. The van der Waals surface area contributed by atoms with E-state index in [1.54, 1.807) is 0 Å². The van der Waals surface area contributed by atoms with Crippen LogP contribution in [0.25, 0.3) is 0 Å². The third-order valence-corrected chi connectivity index (χ3v) is 3.61. The highest BCUT2D eigenvalue weighted by molar-refractivity contribution is 5.74. The quantitative estimate of drug-likeness (QED) is 0.780. The molecule has 1 N–H and O–H groups in total. The van der Waals surface area contributed by atoms with Crippen LogP contribution in [0.4, 0.5) is 8.78 Å². The Morgan fingerprint density at radius 2 is 2.20 bits per heavy atom. The average Bonchev–Trinajstić information content (AvgIpc) is 2.60. The van der Waals surface area contributed by atoms with Crippen molar-refractivity contribution >= 4 is 5.97 Å². The first-order chi connectivity index (χ1) is 7.09. The van der Waals surface area contributed by atoms with E-state index in [0.717, 1.165) is 19.3 Å². The molecule has 2 rings (SSSR count). The minimum absolute atomic E-state index is 0.0984. The molecular formula is C10H15F2NO2. The molecule has 1 aliphatic carbocycles. The van der Waals surface area contributed by atoms with Gasteiger partial charge in [-0.3, -0.25) is 9.69 Å². The maximum atomic E-state index is 12.3. The molecule has 0 spiro atoms. The highest BCUT2D eigenvalue weighted by Crippen LogP contribution is 2.42. The van der Waals surface area contributed by atoms with Crippen LogP contribution >= 0.6 is 0 Å². The van der Waals surface area contributed by atoms with Crippen LogP contribution < -0.4 is 0 Å². The summed E-state index contributed by atoms with van der Waals surface area (Å²) in [6, 6.07) is -0.675. The molecule has 1 heterocycles. The zero-order chi connectivity index (χ0) is 11.0. The highest BCUT2D eigenvalue weighted by Gasteiger charge is 2.48. The Morgan fingerprint density at radius 3 is 2.80 bits per heavy atom. The van der Waals surface area contributed by atoms with Crippen molar-refractivity contribution in [1.29, 1.82) is 0 Å². The number of hydrogen-bond donors (Lipinski definition) is 1. The smallest absolute Gasteiger partial charge is 0.321 e. The van der Waals surface area contributed by atoms with Gasteiger partial charge in [0, 0.05) is 6.54 Å². The molecule has 5 heteroatoms. The van der Waals surface area contributed by atoms with Crippen molar-refractivity contribution < 1.29 is 18.7 Å². The van der Waals surface area contributed by atoms with Crippen molar-refractivity contribution in [3.63, 3.8) is 0 Å². The number of carboxylic acids is 1. The van der Waals surface area contributed by atoms with E-state index < -0.39 is 25.0 Å². The van der Waals surface area contributed by atoms with Gasteiger partial charge in [-0.25, -0.2) is 8.78 Å². The Bertz CT molecular complexity index is 260. The summed E-state index contributed by atoms with van der Waals surface area (Å²) in [5.41, 5.74) is 0. The van der Waals surface area contributed by atoms with Gasteiger partial charge in [0.05, 0.1) is 6.54 Å². The second-order valence-electron chi connectivity index (χ2n) is 4.48. The molecule has 1 aliphatic heterocycles. The van der Waals surface area contributed by atoms with Crippen LogP contribution in [0.2, 0.25) is 0 Å². The van der Waals surface area contributed by atoms with E-state index in [-0.39, 0.29) is 5.92 Å². The van der Waals surface area contributed by atoms with E-state index >= 15 is 0 Å². The van der Waals surface area contributed by atoms with Gasteiger partial charge < -0.3 is 5.11 Å². The molecule has 0 bridgehead atoms. The first-order valence-corrected chi connectivity index (χ1v) is 5.34. The number of nitrogens with zero attached hydrogens (tertiary/aromatic N) is 1. The minimum Gasteiger partial charge on any atom is -0.480 e. The zero-order valence-corrected chi connectivity index (χ0v) is 8.40. The summed E-state index contributed by atoms with van der Waals surface area (Å²) in [5, 5.41) is 9.06. The first kappa shape index (κ1) is 10.8. The van der Waals surface area contributed by atoms with Crippen LogP contribution in [0, 0.1) is 11.8 Å². The predicted octanol–water partition coefficient (Wildman–Crippen LogP) is 1.44. The van der Waals surface area contributed by atoms with E-state index in [0.29, 0.717) is 12.5 Å². The number of carbonyl (C=O) groups is 1. The van der Waals surface area contributed by atoms with Gasteiger partial charge in [-0.05, 0) is 24.7 Å². The van der Waals surface area contributed by atoms with Crippen molar-refractivity contribution in [3.05, 3.63) is 0 Å². The van der Waals surface area contributed by atoms with E-state index in [4.69, 9.17) is 5.11 Å². The summed E-state index contributed by atoms with van der Waals surface area (Å²) < 4.78 is 24.5. The van der Waals surface area contributed by atoms with Crippen molar-refractivity contribution in [2.45, 2.75) is 31.7 Å². The Balaban J connectivity index is 2.08. The van der Waals surface area contributed by atoms with E-state index in [1.807, 2.05) is 0 Å². The predicted molar refractivity (Wildman–Crippen MR) is 49.8 cm³/mol. The fourth-order valence-electron chi connectivity index (χ4n) is 3.10. The second-order valence-corrected chi connectivity index (χ2v) is 4.48. The number of alkyl halides is 2. The number of carboxylic acid groups (broad SMARTS) is 1. The minimum atomic E-state index is -2.44. The van der Waals surface area contributed by atoms with Crippen LogP contribution in [0.1, 0.15) is 19.3 Å². The van der Waals surface area contributed by atoms with Gasteiger partial charge in [0.15, 0.2) is 0 Å². The topological polar surface area (TPSA) is 40.5 Å². The van der Waals surface area contributed by atoms with Gasteiger partial charge in [-0.15, -0.1) is 0 Å². The fourth-order valence-corrected chi connectivity index (χ4v) is 3.10. The molecule has 0 aromatic heterocycles. The van der Waals surface area contributed by atoms with Crippen LogP contribution in [0.5, 0.6) is 0 Å². The summed E-state index contributed by atoms with van der Waals surface area (Å²) in [5.74, 6) is -0.517. The van der Waals surface area contributed by atoms with Crippen LogP contribution in [-0.2, 0) is 4.79 Å². The SMILES string of the molecule is O=C(O)C1C2CCCC2CN1CC(F)F. The van der Waals surface area contributed by atoms with Gasteiger partial charge in [0.2, 0.25) is 0 Å². The molecule has 1 saturated heterocycles. The Morgan fingerprint density at radius 1 is 1.47 bits per heavy atom. The molecule has 2 fully saturated rings. The Kier molecular flexibility index (Phi) is 2.91. The highest BCUT2D eigenvalue weighted by atomic mass is 19.3. The third kappa shape index (κ3) is 1.97. The number of rotatable bonds is 3. The lowest BCUT2D eigenvalue weighted by Gasteiger charge is -2.23. The van der Waals surface area contributed by atoms with Crippen LogP contribution in [0.3, 0.4) is 0 Å². The lowest BCUT2D eigenvalue weighted by molar-refractivity contribution is -0.144. The monoisotopic (exact) mass is 219 g/mol. The maximum Gasteiger partial charge on any atom is 0.321 e. The molecule has 0 radical (unpaired) electrons. The standard InChI is InChI=1S/C10H15F2NO2/c11-8(12)5-13-4-6-2-1-3-7(6)9(13)10(14)15/h6-9H,1-5H2,(H,14,15). The number of halogens is 2. The second kappa shape index (κ2) is 4.04. The van der Waals surface area contributed by atoms with Crippen molar-refractivity contribution in [2.24, 2.45) is 11.8 Å². The van der Waals surface area contributed by atoms with E-state index in [2.05, 4.69) is 0 Å². The molecule has 0 aromatic rings. The van der Waals surface area contributed by atoms with E-state index in [1.165, 1.54) is 4.90 Å². The molecule has 0 amide bonds. The zero-order valence-electron chi connectivity index (χ0n) is 8.40. The molecule has 2 aliphatic rings. The van der Waals surface area contributed by atoms with Crippen molar-refractivity contribution in [1.82, 2.24) is 4.90 Å². The molecule has 3 nitrogen and oxygen atoms in total. The van der Waals surface area contributed by atoms with E-state index in [9.17, 15) is 13.6 Å². The van der Waals surface area contributed by atoms with Gasteiger partial charge in [0.1, 0.15) is 6.04 Å². The van der Waals surface area contributed by atoms with Crippen molar-refractivity contribution in [2.75, 3.05) is 13.1 Å². The summed E-state index contributed by atoms with van der Waals surface area (Å²) in [6.45, 7) is 0.135. The summed E-state index contributed by atoms with van der Waals surface area (Å²) in [7, 11) is 0. The third-order valence-electron chi connectivity index (χ3n) is 3.61. The molecule has 3 unspecified atom stereocenters. The van der Waals surface area contributed by atoms with Crippen LogP contribution in [0.15, 0.2) is 0 Å². The summed E-state index contributed by atoms with van der Waals surface area (Å²) >= 11 is 0. The average molecular weight is 219 g/mol. The number of aliphatic carboxylic acids is 1. The van der Waals surface area contributed by atoms with Gasteiger partial charge in [-0.2, -0.15) is 0 Å². The van der Waals surface area contributed by atoms with Gasteiger partial charge in [-0.1, -0.05) is 6.42 Å². The molecular weight excluding hydrogens is 204 g/mol. The molecule has 1 saturated carbocycles. The molecule has 3 atom stereocenters.